The molecule has 1 fully saturated rings. The first kappa shape index (κ1) is 14.6. The highest BCUT2D eigenvalue weighted by Crippen LogP contribution is 2.32. The van der Waals surface area contributed by atoms with E-state index in [1.54, 1.807) is 0 Å². The molecule has 1 aliphatic rings. The van der Waals surface area contributed by atoms with Gasteiger partial charge in [0.15, 0.2) is 0 Å². The van der Waals surface area contributed by atoms with Gasteiger partial charge >= 0.3 is 12.4 Å². The summed E-state index contributed by atoms with van der Waals surface area (Å²) in [6.07, 6.45) is -11.5. The van der Waals surface area contributed by atoms with E-state index in [0.29, 0.717) is 13.1 Å². The second-order valence-corrected chi connectivity index (χ2v) is 4.00. The lowest BCUT2D eigenvalue weighted by atomic mass is 10.1. The van der Waals surface area contributed by atoms with Crippen molar-refractivity contribution in [3.05, 3.63) is 0 Å². The van der Waals surface area contributed by atoms with Gasteiger partial charge in [-0.25, -0.2) is 0 Å². The standard InChI is InChI=1S/C9H14F6N2/c10-8(11,12)2-1-7(9(13,14)15)17-5-3-16-4-6-17/h7,16H,1-6H2/t7-/m1/s1. The molecule has 1 aliphatic heterocycles. The molecule has 0 aromatic rings. The predicted molar refractivity (Wildman–Crippen MR) is 49.6 cm³/mol. The van der Waals surface area contributed by atoms with Crippen molar-refractivity contribution in [3.63, 3.8) is 0 Å². The molecule has 1 rings (SSSR count). The summed E-state index contributed by atoms with van der Waals surface area (Å²) in [5, 5.41) is 2.86. The minimum atomic E-state index is -4.61. The van der Waals surface area contributed by atoms with Crippen LogP contribution >= 0.6 is 0 Å². The van der Waals surface area contributed by atoms with Gasteiger partial charge < -0.3 is 5.32 Å². The number of piperazine rings is 1. The van der Waals surface area contributed by atoms with Crippen LogP contribution in [0.25, 0.3) is 0 Å². The Morgan fingerprint density at radius 2 is 1.53 bits per heavy atom. The molecule has 8 heteroatoms. The SMILES string of the molecule is FC(F)(F)CC[C@@H](N1CCNCC1)C(F)(F)F. The molecule has 1 saturated heterocycles. The zero-order valence-corrected chi connectivity index (χ0v) is 9.03. The first-order chi connectivity index (χ1) is 7.70. The van der Waals surface area contributed by atoms with Crippen LogP contribution in [0, 0.1) is 0 Å². The maximum Gasteiger partial charge on any atom is 0.404 e. The minimum absolute atomic E-state index is 0.127. The zero-order chi connectivity index (χ0) is 13.1. The lowest BCUT2D eigenvalue weighted by molar-refractivity contribution is -0.198. The Hall–Kier alpha value is -0.500. The van der Waals surface area contributed by atoms with Gasteiger partial charge in [-0.15, -0.1) is 0 Å². The quantitative estimate of drug-likeness (QED) is 0.786. The van der Waals surface area contributed by atoms with Gasteiger partial charge in [0.05, 0.1) is 0 Å². The Morgan fingerprint density at radius 1 is 1.00 bits per heavy atom. The Bertz CT molecular complexity index is 231. The van der Waals surface area contributed by atoms with E-state index in [1.807, 2.05) is 0 Å². The summed E-state index contributed by atoms with van der Waals surface area (Å²) in [7, 11) is 0. The van der Waals surface area contributed by atoms with Crippen molar-refractivity contribution in [2.75, 3.05) is 26.2 Å². The fourth-order valence-electron chi connectivity index (χ4n) is 1.85. The first-order valence-electron chi connectivity index (χ1n) is 5.28. The predicted octanol–water partition coefficient (Wildman–Crippen LogP) is 2.16. The normalized spacial score (nSPS) is 21.5. The van der Waals surface area contributed by atoms with Gasteiger partial charge in [0.25, 0.3) is 0 Å². The van der Waals surface area contributed by atoms with E-state index >= 15 is 0 Å². The van der Waals surface area contributed by atoms with E-state index in [9.17, 15) is 26.3 Å². The van der Waals surface area contributed by atoms with E-state index in [-0.39, 0.29) is 13.1 Å². The number of hydrogen-bond acceptors (Lipinski definition) is 2. The lowest BCUT2D eigenvalue weighted by Gasteiger charge is -2.36. The summed E-state index contributed by atoms with van der Waals surface area (Å²) in [6.45, 7) is 1.00. The summed E-state index contributed by atoms with van der Waals surface area (Å²) in [6, 6.07) is -1.99. The molecular weight excluding hydrogens is 250 g/mol. The van der Waals surface area contributed by atoms with E-state index in [4.69, 9.17) is 0 Å². The summed E-state index contributed by atoms with van der Waals surface area (Å²) >= 11 is 0. The van der Waals surface area contributed by atoms with E-state index in [1.165, 1.54) is 0 Å². The highest BCUT2D eigenvalue weighted by molar-refractivity contribution is 4.82. The zero-order valence-electron chi connectivity index (χ0n) is 9.03. The molecule has 1 N–H and O–H groups in total. The lowest BCUT2D eigenvalue weighted by Crippen LogP contribution is -2.53. The number of alkyl halides is 6. The average molecular weight is 264 g/mol. The van der Waals surface area contributed by atoms with Crippen LogP contribution < -0.4 is 5.32 Å². The highest BCUT2D eigenvalue weighted by Gasteiger charge is 2.45. The van der Waals surface area contributed by atoms with Crippen molar-refractivity contribution < 1.29 is 26.3 Å². The summed E-state index contributed by atoms with van der Waals surface area (Å²) in [4.78, 5) is 1.07. The van der Waals surface area contributed by atoms with Crippen LogP contribution in [0.4, 0.5) is 26.3 Å². The molecule has 1 heterocycles. The number of nitrogens with one attached hydrogen (secondary N) is 1. The third kappa shape index (κ3) is 5.12. The van der Waals surface area contributed by atoms with Gasteiger partial charge in [0.2, 0.25) is 0 Å². The Labute approximate surface area is 95.0 Å². The fourth-order valence-corrected chi connectivity index (χ4v) is 1.85. The van der Waals surface area contributed by atoms with Crippen molar-refractivity contribution in [2.24, 2.45) is 0 Å². The topological polar surface area (TPSA) is 15.3 Å². The van der Waals surface area contributed by atoms with Crippen LogP contribution in [0.3, 0.4) is 0 Å². The molecule has 0 saturated carbocycles. The van der Waals surface area contributed by atoms with Gasteiger partial charge in [0.1, 0.15) is 6.04 Å². The number of hydrogen-bond donors (Lipinski definition) is 1. The third-order valence-electron chi connectivity index (χ3n) is 2.67. The van der Waals surface area contributed by atoms with Crippen molar-refractivity contribution >= 4 is 0 Å². The molecule has 1 atom stereocenters. The third-order valence-corrected chi connectivity index (χ3v) is 2.67. The van der Waals surface area contributed by atoms with Crippen LogP contribution in [-0.2, 0) is 0 Å². The monoisotopic (exact) mass is 264 g/mol. The van der Waals surface area contributed by atoms with E-state index in [2.05, 4.69) is 5.32 Å². The maximum absolute atomic E-state index is 12.7. The van der Waals surface area contributed by atoms with Crippen LogP contribution in [-0.4, -0.2) is 49.5 Å². The van der Waals surface area contributed by atoms with Crippen molar-refractivity contribution in [1.82, 2.24) is 10.2 Å². The Balaban J connectivity index is 2.60. The molecule has 17 heavy (non-hydrogen) atoms. The summed E-state index contributed by atoms with van der Waals surface area (Å²) in [5.41, 5.74) is 0. The molecule has 0 bridgehead atoms. The molecule has 0 aromatic carbocycles. The van der Waals surface area contributed by atoms with Gasteiger partial charge in [-0.1, -0.05) is 0 Å². The van der Waals surface area contributed by atoms with Crippen LogP contribution in [0.1, 0.15) is 12.8 Å². The van der Waals surface area contributed by atoms with Gasteiger partial charge in [0, 0.05) is 32.6 Å². The molecule has 0 radical (unpaired) electrons. The van der Waals surface area contributed by atoms with Crippen LogP contribution in [0.2, 0.25) is 0 Å². The molecular formula is C9H14F6N2. The molecule has 0 aromatic heterocycles. The molecule has 2 nitrogen and oxygen atoms in total. The van der Waals surface area contributed by atoms with Crippen LogP contribution in [0.15, 0.2) is 0 Å². The molecule has 0 amide bonds. The second kappa shape index (κ2) is 5.43. The minimum Gasteiger partial charge on any atom is -0.314 e. The average Bonchev–Trinajstić information content (AvgIpc) is 2.15. The van der Waals surface area contributed by atoms with Crippen molar-refractivity contribution in [1.29, 1.82) is 0 Å². The summed E-state index contributed by atoms with van der Waals surface area (Å²) < 4.78 is 73.9. The number of nitrogens with zero attached hydrogens (tertiary/aromatic N) is 1. The smallest absolute Gasteiger partial charge is 0.314 e. The molecule has 0 spiro atoms. The first-order valence-corrected chi connectivity index (χ1v) is 5.28. The van der Waals surface area contributed by atoms with Gasteiger partial charge in [-0.2, -0.15) is 26.3 Å². The van der Waals surface area contributed by atoms with Crippen molar-refractivity contribution in [3.8, 4) is 0 Å². The van der Waals surface area contributed by atoms with E-state index < -0.39 is 31.2 Å². The number of halogens is 6. The van der Waals surface area contributed by atoms with Crippen molar-refractivity contribution in [2.45, 2.75) is 31.2 Å². The molecule has 0 aliphatic carbocycles. The highest BCUT2D eigenvalue weighted by atomic mass is 19.4. The fraction of sp³-hybridized carbons (Fsp3) is 1.00. The molecule has 0 unspecified atom stereocenters. The largest absolute Gasteiger partial charge is 0.404 e. The second-order valence-electron chi connectivity index (χ2n) is 4.00. The van der Waals surface area contributed by atoms with E-state index in [0.717, 1.165) is 4.90 Å². The summed E-state index contributed by atoms with van der Waals surface area (Å²) in [5.74, 6) is 0. The number of rotatable bonds is 3. The van der Waals surface area contributed by atoms with Crippen LogP contribution in [0.5, 0.6) is 0 Å². The molecule has 102 valence electrons. The van der Waals surface area contributed by atoms with Gasteiger partial charge in [-0.05, 0) is 6.42 Å². The maximum atomic E-state index is 12.7. The Morgan fingerprint density at radius 3 is 1.94 bits per heavy atom. The van der Waals surface area contributed by atoms with Gasteiger partial charge in [-0.3, -0.25) is 4.90 Å². The Kier molecular flexibility index (Phi) is 4.65.